The fourth-order valence-electron chi connectivity index (χ4n) is 3.47. The Hall–Kier alpha value is -2.63. The van der Waals surface area contributed by atoms with Gasteiger partial charge in [-0.05, 0) is 5.56 Å². The number of thiol groups is 1. The predicted molar refractivity (Wildman–Crippen MR) is 120 cm³/mol. The highest BCUT2D eigenvalue weighted by atomic mass is 32.2. The second kappa shape index (κ2) is 8.85. The highest BCUT2D eigenvalue weighted by molar-refractivity contribution is 8.00. The molecule has 1 aromatic carbocycles. The van der Waals surface area contributed by atoms with Gasteiger partial charge >= 0.3 is 5.97 Å². The standard InChI is InChI=1S/C20H17N3O5S3/c24-13(6-10-4-2-1-3-5-10)22-15-18(27)23-16(20(28)29)12(9-31-19(15)23)17-21-11(8-30-17)7-14(25)26/h1-5,8,15,19H,6-7,9H2,(H,22,24)(H,25,26)(H,28,29)/t15-,19-/m1/s1. The zero-order chi connectivity index (χ0) is 22.1. The Balaban J connectivity index is 1.51. The molecule has 8 nitrogen and oxygen atoms in total. The van der Waals surface area contributed by atoms with Crippen LogP contribution in [0.15, 0.2) is 41.4 Å². The largest absolute Gasteiger partial charge is 0.481 e. The van der Waals surface area contributed by atoms with Crippen molar-refractivity contribution in [3.05, 3.63) is 57.7 Å². The van der Waals surface area contributed by atoms with Gasteiger partial charge in [-0.2, -0.15) is 0 Å². The summed E-state index contributed by atoms with van der Waals surface area (Å²) in [4.78, 5) is 54.0. The van der Waals surface area contributed by atoms with Gasteiger partial charge in [0, 0.05) is 16.7 Å². The number of thioether (sulfide) groups is 1. The van der Waals surface area contributed by atoms with E-state index >= 15 is 0 Å². The number of thiazole rings is 1. The lowest BCUT2D eigenvalue weighted by Gasteiger charge is -2.49. The number of aromatic nitrogens is 1. The van der Waals surface area contributed by atoms with Crippen LogP contribution in [0.5, 0.6) is 0 Å². The third-order valence-electron chi connectivity index (χ3n) is 4.84. The Morgan fingerprint density at radius 2 is 1.97 bits per heavy atom. The normalized spacial score (nSPS) is 20.2. The molecule has 0 aliphatic carbocycles. The summed E-state index contributed by atoms with van der Waals surface area (Å²) < 4.78 is 0. The van der Waals surface area contributed by atoms with E-state index in [0.717, 1.165) is 5.56 Å². The summed E-state index contributed by atoms with van der Waals surface area (Å²) in [7, 11) is 0. The molecule has 2 aromatic rings. The second-order valence-electron chi connectivity index (χ2n) is 6.96. The molecule has 3 heterocycles. The van der Waals surface area contributed by atoms with Crippen molar-refractivity contribution < 1.29 is 24.3 Å². The molecule has 1 fully saturated rings. The van der Waals surface area contributed by atoms with Crippen molar-refractivity contribution in [1.29, 1.82) is 0 Å². The highest BCUT2D eigenvalue weighted by Gasteiger charge is 2.54. The van der Waals surface area contributed by atoms with Crippen molar-refractivity contribution in [1.82, 2.24) is 15.2 Å². The molecule has 0 bridgehead atoms. The smallest absolute Gasteiger partial charge is 0.309 e. The second-order valence-corrected chi connectivity index (χ2v) is 9.33. The van der Waals surface area contributed by atoms with Gasteiger partial charge in [-0.25, -0.2) is 4.98 Å². The van der Waals surface area contributed by atoms with E-state index in [1.165, 1.54) is 28.0 Å². The fourth-order valence-corrected chi connectivity index (χ4v) is 6.02. The lowest BCUT2D eigenvalue weighted by molar-refractivity contribution is -0.146. The molecule has 2 aliphatic rings. The molecule has 2 atom stereocenters. The number of benzene rings is 1. The Kier molecular flexibility index (Phi) is 6.17. The van der Waals surface area contributed by atoms with E-state index in [2.05, 4.69) is 22.9 Å². The molecule has 0 radical (unpaired) electrons. The van der Waals surface area contributed by atoms with E-state index in [1.807, 2.05) is 30.3 Å². The number of amides is 2. The molecule has 0 unspecified atom stereocenters. The van der Waals surface area contributed by atoms with Crippen molar-refractivity contribution in [2.45, 2.75) is 24.3 Å². The van der Waals surface area contributed by atoms with Crippen molar-refractivity contribution in [3.8, 4) is 0 Å². The van der Waals surface area contributed by atoms with Crippen LogP contribution in [-0.4, -0.2) is 55.1 Å². The number of hydrogen-bond donors (Lipinski definition) is 3. The summed E-state index contributed by atoms with van der Waals surface area (Å²) >= 11 is 6.59. The van der Waals surface area contributed by atoms with E-state index in [-0.39, 0.29) is 30.4 Å². The molecule has 160 valence electrons. The first-order chi connectivity index (χ1) is 14.8. The van der Waals surface area contributed by atoms with Gasteiger partial charge in [0.25, 0.3) is 5.91 Å². The van der Waals surface area contributed by atoms with Gasteiger partial charge in [0.15, 0.2) is 0 Å². The van der Waals surface area contributed by atoms with E-state index < -0.39 is 22.5 Å². The van der Waals surface area contributed by atoms with Crippen LogP contribution in [0.4, 0.5) is 0 Å². The van der Waals surface area contributed by atoms with Gasteiger partial charge < -0.3 is 10.4 Å². The lowest BCUT2D eigenvalue weighted by Crippen LogP contribution is -2.70. The molecule has 2 N–H and O–H groups in total. The van der Waals surface area contributed by atoms with E-state index in [9.17, 15) is 19.2 Å². The van der Waals surface area contributed by atoms with Gasteiger partial charge in [0.1, 0.15) is 22.1 Å². The van der Waals surface area contributed by atoms with Crippen molar-refractivity contribution in [3.63, 3.8) is 0 Å². The average molecular weight is 476 g/mol. The van der Waals surface area contributed by atoms with Gasteiger partial charge in [0.05, 0.1) is 18.5 Å². The minimum atomic E-state index is -0.999. The minimum Gasteiger partial charge on any atom is -0.481 e. The molecular formula is C20H17N3O5S3. The number of aliphatic carboxylic acids is 1. The number of nitrogens with one attached hydrogen (secondary N) is 1. The number of β-lactam (4-membered cyclic amide) rings is 1. The SMILES string of the molecule is O=C(O)Cc1csc(C2=C(C(=O)S)N3C(=O)[C@@H](NC(=O)Cc4ccccc4)[C@H]3SC2)n1. The van der Waals surface area contributed by atoms with E-state index in [1.54, 1.807) is 5.38 Å². The number of rotatable bonds is 7. The van der Waals surface area contributed by atoms with E-state index in [4.69, 9.17) is 5.11 Å². The van der Waals surface area contributed by atoms with Crippen LogP contribution in [0.1, 0.15) is 16.3 Å². The molecule has 31 heavy (non-hydrogen) atoms. The minimum absolute atomic E-state index is 0.141. The number of carbonyl (C=O) groups is 4. The maximum absolute atomic E-state index is 12.8. The average Bonchev–Trinajstić information content (AvgIpc) is 3.19. The topological polar surface area (TPSA) is 117 Å². The quantitative estimate of drug-likeness (QED) is 0.411. The summed E-state index contributed by atoms with van der Waals surface area (Å²) in [5, 5.41) is 12.8. The third-order valence-corrected chi connectivity index (χ3v) is 7.28. The van der Waals surface area contributed by atoms with Crippen molar-refractivity contribution >= 4 is 64.2 Å². The van der Waals surface area contributed by atoms with Crippen LogP contribution in [0.3, 0.4) is 0 Å². The zero-order valence-electron chi connectivity index (χ0n) is 16.0. The summed E-state index contributed by atoms with van der Waals surface area (Å²) in [6.07, 6.45) is -0.0607. The molecule has 2 amide bonds. The first-order valence-electron chi connectivity index (χ1n) is 9.26. The molecule has 1 saturated heterocycles. The summed E-state index contributed by atoms with van der Waals surface area (Å²) in [6.45, 7) is 0. The van der Waals surface area contributed by atoms with Gasteiger partial charge in [-0.15, -0.1) is 23.1 Å². The molecule has 1 aromatic heterocycles. The number of carboxylic acids is 1. The molecule has 11 heteroatoms. The number of fused-ring (bicyclic) bond motifs is 1. The first-order valence-corrected chi connectivity index (χ1v) is 11.6. The summed E-state index contributed by atoms with van der Waals surface area (Å²) in [5.74, 6) is -1.25. The Morgan fingerprint density at radius 1 is 1.23 bits per heavy atom. The van der Waals surface area contributed by atoms with Crippen LogP contribution in [0, 0.1) is 0 Å². The third kappa shape index (κ3) is 4.39. The molecule has 4 rings (SSSR count). The lowest BCUT2D eigenvalue weighted by atomic mass is 10.0. The number of carboxylic acid groups (broad SMARTS) is 1. The van der Waals surface area contributed by atoms with Crippen LogP contribution in [-0.2, 0) is 32.0 Å². The predicted octanol–water partition coefficient (Wildman–Crippen LogP) is 1.58. The monoisotopic (exact) mass is 475 g/mol. The Bertz CT molecular complexity index is 1100. The zero-order valence-corrected chi connectivity index (χ0v) is 18.5. The maximum Gasteiger partial charge on any atom is 0.309 e. The summed E-state index contributed by atoms with van der Waals surface area (Å²) in [5.41, 5.74) is 1.92. The van der Waals surface area contributed by atoms with Gasteiger partial charge in [-0.3, -0.25) is 24.1 Å². The Morgan fingerprint density at radius 3 is 2.65 bits per heavy atom. The van der Waals surface area contributed by atoms with E-state index in [0.29, 0.717) is 22.0 Å². The Labute approximate surface area is 191 Å². The van der Waals surface area contributed by atoms with Crippen LogP contribution in [0.25, 0.3) is 5.57 Å². The maximum atomic E-state index is 12.8. The van der Waals surface area contributed by atoms with Crippen molar-refractivity contribution in [2.75, 3.05) is 5.75 Å². The van der Waals surface area contributed by atoms with Crippen molar-refractivity contribution in [2.24, 2.45) is 0 Å². The molecular weight excluding hydrogens is 458 g/mol. The number of carbonyl (C=O) groups excluding carboxylic acids is 3. The number of hydrogen-bond acceptors (Lipinski definition) is 7. The highest BCUT2D eigenvalue weighted by Crippen LogP contribution is 2.44. The van der Waals surface area contributed by atoms with Crippen LogP contribution < -0.4 is 5.32 Å². The molecule has 0 spiro atoms. The van der Waals surface area contributed by atoms with Crippen LogP contribution >= 0.6 is 35.7 Å². The number of nitrogens with zero attached hydrogens (tertiary/aromatic N) is 2. The fraction of sp³-hybridized carbons (Fsp3) is 0.250. The van der Waals surface area contributed by atoms with Crippen LogP contribution in [0.2, 0.25) is 0 Å². The summed E-state index contributed by atoms with van der Waals surface area (Å²) in [6, 6.07) is 8.50. The molecule has 2 aliphatic heterocycles. The van der Waals surface area contributed by atoms with Gasteiger partial charge in [-0.1, -0.05) is 43.0 Å². The van der Waals surface area contributed by atoms with Gasteiger partial charge in [0.2, 0.25) is 11.0 Å². The molecule has 0 saturated carbocycles. The first kappa shape index (κ1) is 21.6.